The molecule has 0 saturated carbocycles. The molecule has 0 aliphatic carbocycles. The number of carbonyl (C=O) groups is 1. The number of hydrogen-bond donors (Lipinski definition) is 2. The topological polar surface area (TPSA) is 119 Å². The minimum atomic E-state index is -3.63. The molecule has 2 aromatic carbocycles. The Morgan fingerprint density at radius 2 is 1.88 bits per heavy atom. The van der Waals surface area contributed by atoms with Crippen LogP contribution in [0.5, 0.6) is 0 Å². The first-order valence-corrected chi connectivity index (χ1v) is 11.7. The lowest BCUT2D eigenvalue weighted by atomic mass is 10.1. The molecule has 1 amide bonds. The maximum absolute atomic E-state index is 14.2. The minimum Gasteiger partial charge on any atom is -0.326 e. The van der Waals surface area contributed by atoms with Gasteiger partial charge in [-0.3, -0.25) is 9.52 Å². The SMILES string of the molecule is Cc1nnnn1-c1cc(NC(=O)Cc2ccc(NS(=O)(=O)c3cccs3)cc2)ccc1F. The van der Waals surface area contributed by atoms with E-state index in [1.54, 1.807) is 42.6 Å². The lowest BCUT2D eigenvalue weighted by molar-refractivity contribution is -0.115. The Kier molecular flexibility index (Phi) is 5.97. The van der Waals surface area contributed by atoms with Crippen LogP contribution >= 0.6 is 11.3 Å². The fourth-order valence-electron chi connectivity index (χ4n) is 2.91. The largest absolute Gasteiger partial charge is 0.326 e. The van der Waals surface area contributed by atoms with Gasteiger partial charge in [-0.15, -0.1) is 16.4 Å². The van der Waals surface area contributed by atoms with Gasteiger partial charge in [-0.25, -0.2) is 12.8 Å². The number of aryl methyl sites for hydroxylation is 1. The summed E-state index contributed by atoms with van der Waals surface area (Å²) in [6.45, 7) is 1.63. The first kappa shape index (κ1) is 21.6. The second-order valence-corrected chi connectivity index (χ2v) is 9.62. The number of sulfonamides is 1. The zero-order valence-electron chi connectivity index (χ0n) is 16.7. The number of aromatic nitrogens is 4. The third-order valence-electron chi connectivity index (χ3n) is 4.41. The fraction of sp³-hybridized carbons (Fsp3) is 0.100. The molecule has 32 heavy (non-hydrogen) atoms. The average molecular weight is 473 g/mol. The number of benzene rings is 2. The van der Waals surface area contributed by atoms with Crippen molar-refractivity contribution in [2.24, 2.45) is 0 Å². The van der Waals surface area contributed by atoms with Crippen LogP contribution in [-0.4, -0.2) is 34.5 Å². The molecule has 0 fully saturated rings. The van der Waals surface area contributed by atoms with Crippen molar-refractivity contribution in [3.05, 3.63) is 77.2 Å². The third kappa shape index (κ3) is 4.81. The number of tetrazole rings is 1. The normalized spacial score (nSPS) is 11.3. The Bertz CT molecular complexity index is 1350. The van der Waals surface area contributed by atoms with E-state index < -0.39 is 15.8 Å². The summed E-state index contributed by atoms with van der Waals surface area (Å²) in [5, 5.41) is 15.4. The smallest absolute Gasteiger partial charge is 0.271 e. The Morgan fingerprint density at radius 3 is 2.53 bits per heavy atom. The lowest BCUT2D eigenvalue weighted by Gasteiger charge is -2.10. The van der Waals surface area contributed by atoms with Gasteiger partial charge in [0.1, 0.15) is 15.7 Å². The van der Waals surface area contributed by atoms with Gasteiger partial charge in [-0.05, 0) is 64.7 Å². The van der Waals surface area contributed by atoms with E-state index in [0.29, 0.717) is 22.8 Å². The van der Waals surface area contributed by atoms with Gasteiger partial charge in [0, 0.05) is 11.4 Å². The van der Waals surface area contributed by atoms with E-state index >= 15 is 0 Å². The summed E-state index contributed by atoms with van der Waals surface area (Å²) in [6.07, 6.45) is 0.0502. The van der Waals surface area contributed by atoms with Crippen molar-refractivity contribution in [2.45, 2.75) is 17.6 Å². The highest BCUT2D eigenvalue weighted by Crippen LogP contribution is 2.21. The molecule has 0 saturated heterocycles. The standard InChI is InChI=1S/C20H17FN6O3S2/c1-13-23-25-26-27(13)18-12-16(8-9-17(18)21)22-19(28)11-14-4-6-15(7-5-14)24-32(29,30)20-3-2-10-31-20/h2-10,12,24H,11H2,1H3,(H,22,28). The summed E-state index contributed by atoms with van der Waals surface area (Å²) in [6, 6.07) is 13.8. The van der Waals surface area contributed by atoms with Crippen LogP contribution < -0.4 is 10.0 Å². The van der Waals surface area contributed by atoms with Crippen LogP contribution in [0, 0.1) is 12.7 Å². The van der Waals surface area contributed by atoms with E-state index in [4.69, 9.17) is 0 Å². The van der Waals surface area contributed by atoms with Gasteiger partial charge >= 0.3 is 0 Å². The van der Waals surface area contributed by atoms with Crippen LogP contribution in [0.2, 0.25) is 0 Å². The highest BCUT2D eigenvalue weighted by Gasteiger charge is 2.15. The number of halogens is 1. The maximum atomic E-state index is 14.2. The number of carbonyl (C=O) groups excluding carboxylic acids is 1. The van der Waals surface area contributed by atoms with Gasteiger partial charge in [0.25, 0.3) is 10.0 Å². The molecule has 2 heterocycles. The molecule has 0 aliphatic heterocycles. The van der Waals surface area contributed by atoms with Crippen molar-refractivity contribution in [3.63, 3.8) is 0 Å². The number of nitrogens with one attached hydrogen (secondary N) is 2. The van der Waals surface area contributed by atoms with Crippen molar-refractivity contribution in [3.8, 4) is 5.69 Å². The van der Waals surface area contributed by atoms with E-state index in [2.05, 4.69) is 25.6 Å². The van der Waals surface area contributed by atoms with E-state index in [0.717, 1.165) is 11.3 Å². The molecule has 0 atom stereocenters. The van der Waals surface area contributed by atoms with Gasteiger partial charge in [-0.1, -0.05) is 18.2 Å². The molecule has 164 valence electrons. The van der Waals surface area contributed by atoms with Crippen LogP contribution in [0.1, 0.15) is 11.4 Å². The molecule has 0 aliphatic rings. The number of rotatable bonds is 7. The summed E-state index contributed by atoms with van der Waals surface area (Å²) in [5.41, 5.74) is 1.58. The number of anilines is 2. The predicted octanol–water partition coefficient (Wildman–Crippen LogP) is 3.15. The molecule has 0 unspecified atom stereocenters. The summed E-state index contributed by atoms with van der Waals surface area (Å²) in [7, 11) is -3.63. The van der Waals surface area contributed by atoms with Gasteiger partial charge in [0.05, 0.1) is 6.42 Å². The highest BCUT2D eigenvalue weighted by molar-refractivity contribution is 7.94. The number of amides is 1. The van der Waals surface area contributed by atoms with Gasteiger partial charge in [0.2, 0.25) is 5.91 Å². The van der Waals surface area contributed by atoms with E-state index in [-0.39, 0.29) is 22.2 Å². The van der Waals surface area contributed by atoms with Crippen LogP contribution in [0.3, 0.4) is 0 Å². The molecule has 4 aromatic rings. The maximum Gasteiger partial charge on any atom is 0.271 e. The first-order valence-electron chi connectivity index (χ1n) is 9.32. The Hall–Kier alpha value is -3.64. The van der Waals surface area contributed by atoms with E-state index in [1.807, 2.05) is 0 Å². The Morgan fingerprint density at radius 1 is 1.12 bits per heavy atom. The summed E-state index contributed by atoms with van der Waals surface area (Å²) in [5.74, 6) is -0.441. The van der Waals surface area contributed by atoms with Gasteiger partial charge in [0.15, 0.2) is 5.82 Å². The van der Waals surface area contributed by atoms with Crippen molar-refractivity contribution in [1.29, 1.82) is 0 Å². The first-order chi connectivity index (χ1) is 15.3. The number of nitrogens with zero attached hydrogens (tertiary/aromatic N) is 4. The quantitative estimate of drug-likeness (QED) is 0.427. The summed E-state index contributed by atoms with van der Waals surface area (Å²) in [4.78, 5) is 12.4. The second-order valence-electron chi connectivity index (χ2n) is 6.76. The summed E-state index contributed by atoms with van der Waals surface area (Å²) < 4.78 is 42.7. The fourth-order valence-corrected chi connectivity index (χ4v) is 4.96. The predicted molar refractivity (Wildman–Crippen MR) is 118 cm³/mol. The van der Waals surface area contributed by atoms with Crippen LogP contribution in [0.25, 0.3) is 5.69 Å². The lowest BCUT2D eigenvalue weighted by Crippen LogP contribution is -2.15. The monoisotopic (exact) mass is 472 g/mol. The van der Waals surface area contributed by atoms with E-state index in [9.17, 15) is 17.6 Å². The molecule has 9 nitrogen and oxygen atoms in total. The number of hydrogen-bond acceptors (Lipinski definition) is 7. The Labute approximate surface area is 187 Å². The van der Waals surface area contributed by atoms with E-state index in [1.165, 1.54) is 28.9 Å². The molecule has 0 bridgehead atoms. The van der Waals surface area contributed by atoms with Crippen LogP contribution in [0.15, 0.2) is 64.2 Å². The van der Waals surface area contributed by atoms with Crippen LogP contribution in [0.4, 0.5) is 15.8 Å². The van der Waals surface area contributed by atoms with Crippen molar-refractivity contribution < 1.29 is 17.6 Å². The van der Waals surface area contributed by atoms with Crippen molar-refractivity contribution in [2.75, 3.05) is 10.0 Å². The molecule has 4 rings (SSSR count). The van der Waals surface area contributed by atoms with Crippen molar-refractivity contribution in [1.82, 2.24) is 20.2 Å². The van der Waals surface area contributed by atoms with Crippen molar-refractivity contribution >= 4 is 38.6 Å². The molecule has 12 heteroatoms. The van der Waals surface area contributed by atoms with Gasteiger partial charge < -0.3 is 5.32 Å². The Balaban J connectivity index is 1.41. The molecule has 0 radical (unpaired) electrons. The minimum absolute atomic E-state index is 0.0502. The molecule has 0 spiro atoms. The zero-order valence-corrected chi connectivity index (χ0v) is 18.3. The number of thiophene rings is 1. The summed E-state index contributed by atoms with van der Waals surface area (Å²) >= 11 is 1.12. The molecular weight excluding hydrogens is 455 g/mol. The second kappa shape index (κ2) is 8.85. The van der Waals surface area contributed by atoms with Gasteiger partial charge in [-0.2, -0.15) is 4.68 Å². The molecule has 2 N–H and O–H groups in total. The van der Waals surface area contributed by atoms with Crippen LogP contribution in [-0.2, 0) is 21.2 Å². The molecular formula is C20H17FN6O3S2. The third-order valence-corrected chi connectivity index (χ3v) is 7.19. The molecule has 2 aromatic heterocycles. The average Bonchev–Trinajstić information content (AvgIpc) is 3.43. The highest BCUT2D eigenvalue weighted by atomic mass is 32.2. The zero-order chi connectivity index (χ0) is 22.7.